The summed E-state index contributed by atoms with van der Waals surface area (Å²) in [6, 6.07) is 68.8. The van der Waals surface area contributed by atoms with Crippen molar-refractivity contribution in [2.75, 3.05) is 4.90 Å². The predicted molar refractivity (Wildman–Crippen MR) is 217 cm³/mol. The third kappa shape index (κ3) is 4.76. The van der Waals surface area contributed by atoms with Crippen molar-refractivity contribution in [1.29, 1.82) is 0 Å². The van der Waals surface area contributed by atoms with Crippen LogP contribution < -0.4 is 4.90 Å². The van der Waals surface area contributed by atoms with E-state index in [1.165, 1.54) is 74.7 Å². The van der Waals surface area contributed by atoms with Crippen LogP contribution in [-0.2, 0) is 0 Å². The molecule has 0 saturated heterocycles. The minimum atomic E-state index is 1.12. The lowest BCUT2D eigenvalue weighted by atomic mass is 9.96. The minimum absolute atomic E-state index is 1.12. The van der Waals surface area contributed by atoms with Crippen LogP contribution in [0.4, 0.5) is 17.1 Å². The highest BCUT2D eigenvalue weighted by atomic mass is 32.1. The fourth-order valence-corrected chi connectivity index (χ4v) is 8.75. The molecular formula is C48H31NS. The lowest BCUT2D eigenvalue weighted by Crippen LogP contribution is -2.10. The van der Waals surface area contributed by atoms with Gasteiger partial charge in [0.1, 0.15) is 0 Å². The molecule has 0 bridgehead atoms. The van der Waals surface area contributed by atoms with Gasteiger partial charge in [0.05, 0.1) is 5.69 Å². The van der Waals surface area contributed by atoms with E-state index in [0.717, 1.165) is 17.1 Å². The van der Waals surface area contributed by atoms with Crippen LogP contribution in [-0.4, -0.2) is 0 Å². The highest BCUT2D eigenvalue weighted by Crippen LogP contribution is 2.45. The molecule has 0 amide bonds. The van der Waals surface area contributed by atoms with Gasteiger partial charge in [-0.05, 0) is 97.7 Å². The molecule has 0 radical (unpaired) electrons. The van der Waals surface area contributed by atoms with E-state index in [9.17, 15) is 0 Å². The second-order valence-corrected chi connectivity index (χ2v) is 14.0. The molecule has 9 aromatic carbocycles. The molecule has 0 aliphatic carbocycles. The largest absolute Gasteiger partial charge is 0.310 e. The summed E-state index contributed by atoms with van der Waals surface area (Å²) in [7, 11) is 0. The summed E-state index contributed by atoms with van der Waals surface area (Å²) in [5.74, 6) is 0. The molecule has 2 heteroatoms. The average Bonchev–Trinajstić information content (AvgIpc) is 3.54. The Hall–Kier alpha value is -6.22. The van der Waals surface area contributed by atoms with Crippen LogP contribution in [0.2, 0.25) is 0 Å². The van der Waals surface area contributed by atoms with Crippen molar-refractivity contribution >= 4 is 80.9 Å². The maximum absolute atomic E-state index is 2.44. The highest BCUT2D eigenvalue weighted by Gasteiger charge is 2.19. The van der Waals surface area contributed by atoms with Crippen molar-refractivity contribution in [1.82, 2.24) is 0 Å². The van der Waals surface area contributed by atoms with Crippen LogP contribution in [0.25, 0.3) is 74.7 Å². The molecule has 10 rings (SSSR count). The van der Waals surface area contributed by atoms with E-state index in [1.54, 1.807) is 0 Å². The summed E-state index contributed by atoms with van der Waals surface area (Å²) in [6.07, 6.45) is 0. The summed E-state index contributed by atoms with van der Waals surface area (Å²) in [5, 5.41) is 10.1. The van der Waals surface area contributed by atoms with Gasteiger partial charge >= 0.3 is 0 Å². The molecule has 0 saturated carbocycles. The Morgan fingerprint density at radius 1 is 0.320 bits per heavy atom. The number of rotatable bonds is 5. The fraction of sp³-hybridized carbons (Fsp3) is 0. The van der Waals surface area contributed by atoms with E-state index in [-0.39, 0.29) is 0 Å². The van der Waals surface area contributed by atoms with Crippen LogP contribution >= 0.6 is 11.3 Å². The number of hydrogen-bond donors (Lipinski definition) is 0. The third-order valence-corrected chi connectivity index (χ3v) is 11.2. The summed E-state index contributed by atoms with van der Waals surface area (Å²) in [6.45, 7) is 0. The van der Waals surface area contributed by atoms with E-state index >= 15 is 0 Å². The van der Waals surface area contributed by atoms with Gasteiger partial charge in [-0.1, -0.05) is 140 Å². The molecule has 0 spiro atoms. The van der Waals surface area contributed by atoms with Crippen molar-refractivity contribution in [3.05, 3.63) is 188 Å². The average molecular weight is 654 g/mol. The van der Waals surface area contributed by atoms with Crippen LogP contribution in [0.1, 0.15) is 0 Å². The van der Waals surface area contributed by atoms with Crippen molar-refractivity contribution in [2.24, 2.45) is 0 Å². The maximum atomic E-state index is 2.44. The molecule has 0 N–H and O–H groups in total. The lowest BCUT2D eigenvalue weighted by molar-refractivity contribution is 1.30. The molecular weight excluding hydrogens is 623 g/mol. The Kier molecular flexibility index (Phi) is 6.75. The molecule has 0 fully saturated rings. The topological polar surface area (TPSA) is 3.24 Å². The Balaban J connectivity index is 1.19. The van der Waals surface area contributed by atoms with Gasteiger partial charge in [0, 0.05) is 36.9 Å². The first kappa shape index (κ1) is 28.8. The SMILES string of the molecule is c1ccc(-c2ccc(N(c3ccc(-c4cccc5ccccc45)cc3)c3ccc4sc5cc6ccccc6cc5c4c3)c3ccccc23)cc1. The summed E-state index contributed by atoms with van der Waals surface area (Å²) >= 11 is 1.87. The van der Waals surface area contributed by atoms with E-state index < -0.39 is 0 Å². The molecule has 0 aliphatic heterocycles. The Morgan fingerprint density at radius 2 is 0.920 bits per heavy atom. The molecule has 1 heterocycles. The predicted octanol–water partition coefficient (Wildman–Crippen LogP) is 14.3. The summed E-state index contributed by atoms with van der Waals surface area (Å²) < 4.78 is 2.62. The number of benzene rings is 9. The summed E-state index contributed by atoms with van der Waals surface area (Å²) in [5.41, 5.74) is 8.33. The third-order valence-electron chi connectivity index (χ3n) is 10.0. The quantitative estimate of drug-likeness (QED) is 0.179. The van der Waals surface area contributed by atoms with Crippen molar-refractivity contribution in [3.8, 4) is 22.3 Å². The molecule has 0 unspecified atom stereocenters. The molecule has 0 atom stereocenters. The minimum Gasteiger partial charge on any atom is -0.310 e. The number of anilines is 3. The molecule has 1 nitrogen and oxygen atoms in total. The first-order chi connectivity index (χ1) is 24.8. The zero-order valence-electron chi connectivity index (χ0n) is 27.3. The van der Waals surface area contributed by atoms with Crippen molar-refractivity contribution in [2.45, 2.75) is 0 Å². The number of fused-ring (bicyclic) bond motifs is 6. The van der Waals surface area contributed by atoms with Gasteiger partial charge in [-0.2, -0.15) is 0 Å². The van der Waals surface area contributed by atoms with E-state index in [2.05, 4.69) is 193 Å². The standard InChI is InChI=1S/C48H31NS/c1-2-11-32(12-3-1)41-26-27-46(43-19-9-8-18-42(41)43)49(37-23-21-34(22-24-37)40-20-10-16-33-13-6-7-17-39(33)40)38-25-28-47-45(31-38)44-29-35-14-4-5-15-36(35)30-48(44)50-47/h1-31H. The lowest BCUT2D eigenvalue weighted by Gasteiger charge is -2.28. The van der Waals surface area contributed by atoms with Gasteiger partial charge in [0.2, 0.25) is 0 Å². The van der Waals surface area contributed by atoms with Crippen LogP contribution in [0.5, 0.6) is 0 Å². The molecule has 234 valence electrons. The molecule has 0 aliphatic rings. The molecule has 50 heavy (non-hydrogen) atoms. The second kappa shape index (κ2) is 11.7. The number of nitrogens with zero attached hydrogens (tertiary/aromatic N) is 1. The zero-order chi connectivity index (χ0) is 33.0. The van der Waals surface area contributed by atoms with Gasteiger partial charge in [-0.3, -0.25) is 0 Å². The molecule has 10 aromatic rings. The van der Waals surface area contributed by atoms with E-state index in [0.29, 0.717) is 0 Å². The zero-order valence-corrected chi connectivity index (χ0v) is 28.1. The second-order valence-electron chi connectivity index (χ2n) is 12.9. The monoisotopic (exact) mass is 653 g/mol. The smallest absolute Gasteiger partial charge is 0.0540 e. The number of thiophene rings is 1. The van der Waals surface area contributed by atoms with E-state index in [4.69, 9.17) is 0 Å². The summed E-state index contributed by atoms with van der Waals surface area (Å²) in [4.78, 5) is 2.44. The van der Waals surface area contributed by atoms with Crippen LogP contribution in [0.15, 0.2) is 188 Å². The van der Waals surface area contributed by atoms with Crippen molar-refractivity contribution < 1.29 is 0 Å². The van der Waals surface area contributed by atoms with Gasteiger partial charge in [0.25, 0.3) is 0 Å². The fourth-order valence-electron chi connectivity index (χ4n) is 7.63. The van der Waals surface area contributed by atoms with Gasteiger partial charge in [-0.25, -0.2) is 0 Å². The Labute approximate surface area is 294 Å². The first-order valence-electron chi connectivity index (χ1n) is 17.1. The normalized spacial score (nSPS) is 11.6. The highest BCUT2D eigenvalue weighted by molar-refractivity contribution is 7.25. The Morgan fingerprint density at radius 3 is 1.74 bits per heavy atom. The first-order valence-corrected chi connectivity index (χ1v) is 17.9. The molecule has 1 aromatic heterocycles. The van der Waals surface area contributed by atoms with Crippen LogP contribution in [0, 0.1) is 0 Å². The van der Waals surface area contributed by atoms with Gasteiger partial charge < -0.3 is 4.90 Å². The number of hydrogen-bond acceptors (Lipinski definition) is 2. The van der Waals surface area contributed by atoms with Crippen molar-refractivity contribution in [3.63, 3.8) is 0 Å². The van der Waals surface area contributed by atoms with Crippen LogP contribution in [0.3, 0.4) is 0 Å². The van der Waals surface area contributed by atoms with Gasteiger partial charge in [0.15, 0.2) is 0 Å². The van der Waals surface area contributed by atoms with E-state index in [1.807, 2.05) is 11.3 Å². The Bertz CT molecular complexity index is 2860. The maximum Gasteiger partial charge on any atom is 0.0540 e. The van der Waals surface area contributed by atoms with Gasteiger partial charge in [-0.15, -0.1) is 11.3 Å².